The third-order valence-electron chi connectivity index (χ3n) is 4.08. The van der Waals surface area contributed by atoms with E-state index < -0.39 is 0 Å². The molecule has 1 aliphatic rings. The minimum Gasteiger partial charge on any atom is -0.311 e. The van der Waals surface area contributed by atoms with Gasteiger partial charge < -0.3 is 10.2 Å². The summed E-state index contributed by atoms with van der Waals surface area (Å²) < 4.78 is 0. The van der Waals surface area contributed by atoms with Crippen LogP contribution in [0.4, 0.5) is 0 Å². The summed E-state index contributed by atoms with van der Waals surface area (Å²) in [6.07, 6.45) is 9.82. The van der Waals surface area contributed by atoms with Crippen molar-refractivity contribution in [1.82, 2.24) is 10.2 Å². The molecular weight excluding hydrogens is 232 g/mol. The molecule has 0 aromatic carbocycles. The molecule has 1 aliphatic heterocycles. The van der Waals surface area contributed by atoms with Gasteiger partial charge in [-0.05, 0) is 38.3 Å². The molecule has 1 N–H and O–H groups in total. The fraction of sp³-hybridized carbons (Fsp3) is 1.00. The Kier molecular flexibility index (Phi) is 8.72. The molecule has 0 aromatic heterocycles. The van der Waals surface area contributed by atoms with Crippen molar-refractivity contribution in [2.75, 3.05) is 19.6 Å². The van der Waals surface area contributed by atoms with Crippen molar-refractivity contribution in [1.29, 1.82) is 0 Å². The highest BCUT2D eigenvalue weighted by molar-refractivity contribution is 4.79. The molecule has 1 fully saturated rings. The average molecular weight is 268 g/mol. The minimum atomic E-state index is 0.626. The van der Waals surface area contributed by atoms with Crippen molar-refractivity contribution in [2.45, 2.75) is 84.7 Å². The van der Waals surface area contributed by atoms with Gasteiger partial charge in [-0.25, -0.2) is 0 Å². The SMILES string of the molecule is CC(C)CCCCCCN1CCCC(NC(C)C)C1. The molecule has 1 atom stereocenters. The first kappa shape index (κ1) is 17.0. The molecule has 0 radical (unpaired) electrons. The first-order chi connectivity index (χ1) is 9.08. The quantitative estimate of drug-likeness (QED) is 0.635. The van der Waals surface area contributed by atoms with E-state index in [1.54, 1.807) is 0 Å². The highest BCUT2D eigenvalue weighted by atomic mass is 15.2. The number of rotatable bonds is 9. The van der Waals surface area contributed by atoms with Gasteiger partial charge in [-0.15, -0.1) is 0 Å². The number of likely N-dealkylation sites (tertiary alicyclic amines) is 1. The predicted octanol–water partition coefficient (Wildman–Crippen LogP) is 4.06. The van der Waals surface area contributed by atoms with Gasteiger partial charge in [0.2, 0.25) is 0 Å². The van der Waals surface area contributed by atoms with E-state index >= 15 is 0 Å². The lowest BCUT2D eigenvalue weighted by atomic mass is 10.0. The summed E-state index contributed by atoms with van der Waals surface area (Å²) in [5.74, 6) is 0.880. The largest absolute Gasteiger partial charge is 0.311 e. The Labute approximate surface area is 121 Å². The second kappa shape index (κ2) is 9.77. The van der Waals surface area contributed by atoms with Crippen LogP contribution in [0.2, 0.25) is 0 Å². The molecule has 0 aliphatic carbocycles. The van der Waals surface area contributed by atoms with E-state index in [-0.39, 0.29) is 0 Å². The topological polar surface area (TPSA) is 15.3 Å². The summed E-state index contributed by atoms with van der Waals surface area (Å²) in [4.78, 5) is 2.67. The highest BCUT2D eigenvalue weighted by Gasteiger charge is 2.19. The fourth-order valence-corrected chi connectivity index (χ4v) is 3.11. The monoisotopic (exact) mass is 268 g/mol. The number of hydrogen-bond donors (Lipinski definition) is 1. The maximum absolute atomic E-state index is 3.69. The zero-order valence-electron chi connectivity index (χ0n) is 13.8. The van der Waals surface area contributed by atoms with Gasteiger partial charge in [-0.3, -0.25) is 0 Å². The molecule has 114 valence electrons. The third kappa shape index (κ3) is 8.65. The Morgan fingerprint density at radius 1 is 1.05 bits per heavy atom. The van der Waals surface area contributed by atoms with E-state index in [4.69, 9.17) is 0 Å². The minimum absolute atomic E-state index is 0.626. The van der Waals surface area contributed by atoms with Gasteiger partial charge in [-0.2, -0.15) is 0 Å². The Bertz CT molecular complexity index is 213. The van der Waals surface area contributed by atoms with Crippen molar-refractivity contribution in [3.63, 3.8) is 0 Å². The Morgan fingerprint density at radius 2 is 1.79 bits per heavy atom. The number of hydrogen-bond acceptors (Lipinski definition) is 2. The molecule has 2 nitrogen and oxygen atoms in total. The second-order valence-electron chi connectivity index (χ2n) is 7.06. The van der Waals surface area contributed by atoms with E-state index in [0.29, 0.717) is 6.04 Å². The van der Waals surface area contributed by atoms with Crippen molar-refractivity contribution < 1.29 is 0 Å². The molecule has 1 unspecified atom stereocenters. The van der Waals surface area contributed by atoms with Crippen LogP contribution >= 0.6 is 0 Å². The predicted molar refractivity (Wildman–Crippen MR) is 85.7 cm³/mol. The summed E-state index contributed by atoms with van der Waals surface area (Å²) in [5, 5.41) is 3.69. The molecule has 1 rings (SSSR count). The van der Waals surface area contributed by atoms with Crippen molar-refractivity contribution in [3.8, 4) is 0 Å². The van der Waals surface area contributed by atoms with E-state index in [1.807, 2.05) is 0 Å². The zero-order valence-corrected chi connectivity index (χ0v) is 13.8. The molecular formula is C17H36N2. The van der Waals surface area contributed by atoms with Crippen LogP contribution in [0.1, 0.15) is 72.6 Å². The first-order valence-electron chi connectivity index (χ1n) is 8.56. The summed E-state index contributed by atoms with van der Waals surface area (Å²) >= 11 is 0. The van der Waals surface area contributed by atoms with Gasteiger partial charge in [-0.1, -0.05) is 53.4 Å². The van der Waals surface area contributed by atoms with Crippen LogP contribution in [0.15, 0.2) is 0 Å². The average Bonchev–Trinajstić information content (AvgIpc) is 2.33. The van der Waals surface area contributed by atoms with Gasteiger partial charge in [0.05, 0.1) is 0 Å². The van der Waals surface area contributed by atoms with Gasteiger partial charge in [0, 0.05) is 18.6 Å². The van der Waals surface area contributed by atoms with Crippen LogP contribution in [0.5, 0.6) is 0 Å². The van der Waals surface area contributed by atoms with Crippen LogP contribution < -0.4 is 5.32 Å². The molecule has 1 heterocycles. The molecule has 2 heteroatoms. The molecule has 0 bridgehead atoms. The summed E-state index contributed by atoms with van der Waals surface area (Å²) in [6.45, 7) is 13.1. The van der Waals surface area contributed by atoms with Gasteiger partial charge in [0.25, 0.3) is 0 Å². The van der Waals surface area contributed by atoms with Crippen LogP contribution in [0.3, 0.4) is 0 Å². The molecule has 0 amide bonds. The molecule has 0 saturated carbocycles. The normalized spacial score (nSPS) is 21.5. The number of nitrogens with zero attached hydrogens (tertiary/aromatic N) is 1. The van der Waals surface area contributed by atoms with Crippen molar-refractivity contribution in [2.24, 2.45) is 5.92 Å². The standard InChI is InChI=1S/C17H36N2/c1-15(2)10-7-5-6-8-12-19-13-9-11-17(14-19)18-16(3)4/h15-18H,5-14H2,1-4H3. The first-order valence-corrected chi connectivity index (χ1v) is 8.56. The molecule has 19 heavy (non-hydrogen) atoms. The van der Waals surface area contributed by atoms with Crippen LogP contribution in [0.25, 0.3) is 0 Å². The van der Waals surface area contributed by atoms with Crippen LogP contribution in [-0.2, 0) is 0 Å². The van der Waals surface area contributed by atoms with Crippen LogP contribution in [-0.4, -0.2) is 36.6 Å². The van der Waals surface area contributed by atoms with Crippen molar-refractivity contribution >= 4 is 0 Å². The maximum Gasteiger partial charge on any atom is 0.0197 e. The van der Waals surface area contributed by atoms with Gasteiger partial charge >= 0.3 is 0 Å². The fourth-order valence-electron chi connectivity index (χ4n) is 3.11. The van der Waals surface area contributed by atoms with Crippen LogP contribution in [0, 0.1) is 5.92 Å². The third-order valence-corrected chi connectivity index (χ3v) is 4.08. The summed E-state index contributed by atoms with van der Waals surface area (Å²) in [6, 6.07) is 1.36. The van der Waals surface area contributed by atoms with E-state index in [1.165, 1.54) is 64.6 Å². The molecule has 1 saturated heterocycles. The smallest absolute Gasteiger partial charge is 0.0197 e. The summed E-state index contributed by atoms with van der Waals surface area (Å²) in [7, 11) is 0. The lowest BCUT2D eigenvalue weighted by molar-refractivity contribution is 0.182. The van der Waals surface area contributed by atoms with E-state index in [0.717, 1.165) is 12.0 Å². The Balaban J connectivity index is 2.02. The molecule has 0 spiro atoms. The lowest BCUT2D eigenvalue weighted by Gasteiger charge is -2.34. The van der Waals surface area contributed by atoms with Crippen molar-refractivity contribution in [3.05, 3.63) is 0 Å². The van der Waals surface area contributed by atoms with Gasteiger partial charge in [0.15, 0.2) is 0 Å². The summed E-state index contributed by atoms with van der Waals surface area (Å²) in [5.41, 5.74) is 0. The van der Waals surface area contributed by atoms with E-state index in [2.05, 4.69) is 37.9 Å². The van der Waals surface area contributed by atoms with E-state index in [9.17, 15) is 0 Å². The number of unbranched alkanes of at least 4 members (excludes halogenated alkanes) is 3. The molecule has 0 aromatic rings. The highest BCUT2D eigenvalue weighted by Crippen LogP contribution is 2.13. The number of nitrogens with one attached hydrogen (secondary N) is 1. The maximum atomic E-state index is 3.69. The van der Waals surface area contributed by atoms with Gasteiger partial charge in [0.1, 0.15) is 0 Å². The lowest BCUT2D eigenvalue weighted by Crippen LogP contribution is -2.47. The Hall–Kier alpha value is -0.0800. The second-order valence-corrected chi connectivity index (χ2v) is 7.06. The Morgan fingerprint density at radius 3 is 2.47 bits per heavy atom. The zero-order chi connectivity index (χ0) is 14.1. The number of piperidine rings is 1.